The van der Waals surface area contributed by atoms with Gasteiger partial charge in [0.05, 0.1) is 0 Å². The Balaban J connectivity index is 2.19. The van der Waals surface area contributed by atoms with E-state index in [2.05, 4.69) is 26.0 Å². The standard InChI is InChI=1S/C3H4B2N6/c1-2-6-7-3(1)11-5-4-8-9-10-11/h1-2H,(H,6,7)(H,8,10). The number of aromatic nitrogens is 2. The number of anilines is 1. The van der Waals surface area contributed by atoms with Gasteiger partial charge in [0, 0.05) is 0 Å². The van der Waals surface area contributed by atoms with Gasteiger partial charge in [-0.15, -0.1) is 0 Å². The molecule has 1 aromatic rings. The van der Waals surface area contributed by atoms with Crippen molar-refractivity contribution in [2.45, 2.75) is 0 Å². The first-order valence-corrected chi connectivity index (χ1v) is 3.07. The summed E-state index contributed by atoms with van der Waals surface area (Å²) >= 11 is 0. The normalized spacial score (nSPS) is 13.6. The zero-order chi connectivity index (χ0) is 7.52. The van der Waals surface area contributed by atoms with Gasteiger partial charge in [0.25, 0.3) is 0 Å². The zero-order valence-electron chi connectivity index (χ0n) is 5.60. The Bertz CT molecular complexity index is 278. The van der Waals surface area contributed by atoms with Gasteiger partial charge in [-0.1, -0.05) is 0 Å². The van der Waals surface area contributed by atoms with Gasteiger partial charge >= 0.3 is 62.9 Å². The first-order chi connectivity index (χ1) is 5.47. The molecular formula is C3H4B2N6. The predicted molar refractivity (Wildman–Crippen MR) is 40.6 cm³/mol. The summed E-state index contributed by atoms with van der Waals surface area (Å²) in [6.45, 7) is 3.32. The van der Waals surface area contributed by atoms with Crippen molar-refractivity contribution < 1.29 is 0 Å². The average Bonchev–Trinajstić information content (AvgIpc) is 2.58. The summed E-state index contributed by atoms with van der Waals surface area (Å²) in [5, 5.41) is 13.7. The molecule has 0 spiro atoms. The van der Waals surface area contributed by atoms with E-state index in [4.69, 9.17) is 0 Å². The molecule has 6 nitrogen and oxygen atoms in total. The van der Waals surface area contributed by atoms with E-state index in [9.17, 15) is 0 Å². The van der Waals surface area contributed by atoms with Gasteiger partial charge in [0.2, 0.25) is 0 Å². The molecule has 0 amide bonds. The monoisotopic (exact) mass is 146 g/mol. The van der Waals surface area contributed by atoms with Gasteiger partial charge in [-0.3, -0.25) is 0 Å². The summed E-state index contributed by atoms with van der Waals surface area (Å²) in [7, 11) is 0. The number of hydrogen-bond acceptors (Lipinski definition) is 5. The quantitative estimate of drug-likeness (QED) is 0.512. The molecule has 1 aliphatic heterocycles. The van der Waals surface area contributed by atoms with Crippen LogP contribution in [-0.2, 0) is 0 Å². The second-order valence-electron chi connectivity index (χ2n) is 1.93. The first kappa shape index (κ1) is 6.26. The number of hydrazine groups is 1. The number of aromatic amines is 1. The molecule has 0 saturated carbocycles. The number of H-pyrrole nitrogens is 1. The van der Waals surface area contributed by atoms with Crippen LogP contribution in [-0.4, -0.2) is 24.1 Å². The molecule has 11 heavy (non-hydrogen) atoms. The molecule has 0 atom stereocenters. The third-order valence-electron chi connectivity index (χ3n) is 1.24. The maximum atomic E-state index is 3.78. The number of nitrogens with one attached hydrogen (secondary N) is 2. The third kappa shape index (κ3) is 1.19. The van der Waals surface area contributed by atoms with Crippen LogP contribution in [0.1, 0.15) is 0 Å². The summed E-state index contributed by atoms with van der Waals surface area (Å²) in [6.07, 6.45) is 1.66. The van der Waals surface area contributed by atoms with Crippen molar-refractivity contribution >= 4 is 19.7 Å². The molecule has 0 fully saturated rings. The SMILES string of the molecule is B1=BN(c2ccn[nH]2)NN=N1. The Labute approximate surface area is 63.8 Å². The van der Waals surface area contributed by atoms with Gasteiger partial charge in [0.1, 0.15) is 0 Å². The van der Waals surface area contributed by atoms with Crippen molar-refractivity contribution in [3.8, 4) is 0 Å². The summed E-state index contributed by atoms with van der Waals surface area (Å²) < 4.78 is 0. The molecule has 1 aromatic heterocycles. The minimum absolute atomic E-state index is 0.819. The maximum absolute atomic E-state index is 3.78. The molecule has 0 aliphatic carbocycles. The van der Waals surface area contributed by atoms with Gasteiger partial charge in [-0.05, 0) is 0 Å². The molecule has 0 bridgehead atoms. The molecule has 2 N–H and O–H groups in total. The van der Waals surface area contributed by atoms with Crippen molar-refractivity contribution in [1.82, 2.24) is 15.7 Å². The molecular weight excluding hydrogens is 142 g/mol. The predicted octanol–water partition coefficient (Wildman–Crippen LogP) is -0.745. The van der Waals surface area contributed by atoms with Crippen LogP contribution in [0.4, 0.5) is 5.82 Å². The summed E-state index contributed by atoms with van der Waals surface area (Å²) in [5.41, 5.74) is 2.66. The van der Waals surface area contributed by atoms with Crippen LogP contribution >= 0.6 is 0 Å². The van der Waals surface area contributed by atoms with Crippen molar-refractivity contribution in [1.29, 1.82) is 0 Å². The molecule has 8 heteroatoms. The Hall–Kier alpha value is -1.46. The molecule has 2 heterocycles. The second-order valence-corrected chi connectivity index (χ2v) is 1.93. The van der Waals surface area contributed by atoms with Crippen molar-refractivity contribution in [3.63, 3.8) is 0 Å². The zero-order valence-corrected chi connectivity index (χ0v) is 5.60. The number of hydrogen-bond donors (Lipinski definition) is 2. The van der Waals surface area contributed by atoms with E-state index in [1.54, 1.807) is 25.0 Å². The third-order valence-corrected chi connectivity index (χ3v) is 1.24. The van der Waals surface area contributed by atoms with E-state index in [0.29, 0.717) is 0 Å². The van der Waals surface area contributed by atoms with Crippen LogP contribution in [0.25, 0.3) is 0 Å². The first-order valence-electron chi connectivity index (χ1n) is 3.07. The fraction of sp³-hybridized carbons (Fsp3) is 0. The molecule has 0 saturated heterocycles. The van der Waals surface area contributed by atoms with Crippen molar-refractivity contribution in [3.05, 3.63) is 12.3 Å². The van der Waals surface area contributed by atoms with Gasteiger partial charge in [0.15, 0.2) is 0 Å². The number of rotatable bonds is 1. The fourth-order valence-electron chi connectivity index (χ4n) is 0.754. The van der Waals surface area contributed by atoms with Crippen LogP contribution in [0, 0.1) is 0 Å². The average molecular weight is 146 g/mol. The van der Waals surface area contributed by atoms with Gasteiger partial charge in [-0.2, -0.15) is 0 Å². The van der Waals surface area contributed by atoms with Gasteiger partial charge < -0.3 is 0 Å². The molecule has 0 radical (unpaired) electrons. The molecule has 0 aromatic carbocycles. The minimum atomic E-state index is 0.819. The van der Waals surface area contributed by atoms with Crippen molar-refractivity contribution in [2.24, 2.45) is 10.2 Å². The second kappa shape index (κ2) is 2.65. The van der Waals surface area contributed by atoms with E-state index in [1.807, 2.05) is 6.07 Å². The Morgan fingerprint density at radius 3 is 3.18 bits per heavy atom. The summed E-state index contributed by atoms with van der Waals surface area (Å²) in [6, 6.07) is 1.82. The Kier molecular flexibility index (Phi) is 1.51. The van der Waals surface area contributed by atoms with E-state index in [1.165, 1.54) is 0 Å². The summed E-state index contributed by atoms with van der Waals surface area (Å²) in [5.74, 6) is 0.819. The van der Waals surface area contributed by atoms with Crippen LogP contribution < -0.4 is 10.5 Å². The van der Waals surface area contributed by atoms with Crippen LogP contribution in [0.2, 0.25) is 0 Å². The van der Waals surface area contributed by atoms with Gasteiger partial charge in [-0.25, -0.2) is 0 Å². The van der Waals surface area contributed by atoms with Crippen molar-refractivity contribution in [2.75, 3.05) is 4.92 Å². The van der Waals surface area contributed by atoms with E-state index >= 15 is 0 Å². The fourth-order valence-corrected chi connectivity index (χ4v) is 0.754. The Morgan fingerprint density at radius 2 is 2.55 bits per heavy atom. The van der Waals surface area contributed by atoms with Crippen LogP contribution in [0.5, 0.6) is 0 Å². The Morgan fingerprint density at radius 1 is 1.55 bits per heavy atom. The molecule has 2 rings (SSSR count). The summed E-state index contributed by atoms with van der Waals surface area (Å²) in [4.78, 5) is 1.67. The van der Waals surface area contributed by atoms with Crippen LogP contribution in [0.15, 0.2) is 22.5 Å². The van der Waals surface area contributed by atoms with Crippen LogP contribution in [0.3, 0.4) is 0 Å². The number of nitrogens with zero attached hydrogens (tertiary/aromatic N) is 4. The molecule has 1 aliphatic rings. The van der Waals surface area contributed by atoms with E-state index in [-0.39, 0.29) is 0 Å². The topological polar surface area (TPSA) is 68.7 Å². The van der Waals surface area contributed by atoms with E-state index < -0.39 is 0 Å². The molecule has 0 unspecified atom stereocenters. The van der Waals surface area contributed by atoms with E-state index in [0.717, 1.165) is 5.82 Å². The molecule has 52 valence electrons.